The van der Waals surface area contributed by atoms with E-state index in [9.17, 15) is 22.4 Å². The van der Waals surface area contributed by atoms with Crippen LogP contribution in [0.3, 0.4) is 0 Å². The monoisotopic (exact) mass is 353 g/mol. The number of benzene rings is 2. The number of hydrogen-bond acceptors (Lipinski definition) is 2. The Morgan fingerprint density at radius 2 is 1.72 bits per heavy atom. The highest BCUT2D eigenvalue weighted by Gasteiger charge is 2.34. The summed E-state index contributed by atoms with van der Waals surface area (Å²) in [4.78, 5) is 12.3. The molecule has 1 saturated carbocycles. The van der Waals surface area contributed by atoms with E-state index in [-0.39, 0.29) is 5.92 Å². The summed E-state index contributed by atoms with van der Waals surface area (Å²) in [5.41, 5.74) is -0.101. The van der Waals surface area contributed by atoms with Gasteiger partial charge in [-0.2, -0.15) is 0 Å². The highest BCUT2D eigenvalue weighted by molar-refractivity contribution is 5.94. The molecule has 1 unspecified atom stereocenters. The van der Waals surface area contributed by atoms with E-state index in [1.165, 1.54) is 7.11 Å². The molecule has 1 aliphatic carbocycles. The molecule has 1 amide bonds. The van der Waals surface area contributed by atoms with Crippen LogP contribution >= 0.6 is 0 Å². The second-order valence-electron chi connectivity index (χ2n) is 5.91. The minimum atomic E-state index is -2.00. The van der Waals surface area contributed by atoms with Gasteiger partial charge in [0.2, 0.25) is 0 Å². The summed E-state index contributed by atoms with van der Waals surface area (Å²) < 4.78 is 58.6. The summed E-state index contributed by atoms with van der Waals surface area (Å²) in [7, 11) is 1.52. The number of carbonyl (C=O) groups is 1. The predicted molar refractivity (Wildman–Crippen MR) is 82.2 cm³/mol. The predicted octanol–water partition coefficient (Wildman–Crippen LogP) is 4.13. The van der Waals surface area contributed by atoms with E-state index in [0.717, 1.165) is 18.4 Å². The Morgan fingerprint density at radius 1 is 1.08 bits per heavy atom. The second kappa shape index (κ2) is 6.74. The number of amides is 1. The van der Waals surface area contributed by atoms with E-state index in [0.29, 0.717) is 11.8 Å². The van der Waals surface area contributed by atoms with Crippen LogP contribution < -0.4 is 10.1 Å². The van der Waals surface area contributed by atoms with Crippen molar-refractivity contribution in [3.05, 3.63) is 64.7 Å². The van der Waals surface area contributed by atoms with Crippen molar-refractivity contribution < 1.29 is 27.1 Å². The van der Waals surface area contributed by atoms with Gasteiger partial charge in [0.05, 0.1) is 18.7 Å². The Hall–Kier alpha value is -2.57. The van der Waals surface area contributed by atoms with E-state index in [2.05, 4.69) is 5.32 Å². The van der Waals surface area contributed by atoms with E-state index in [1.54, 1.807) is 24.3 Å². The van der Waals surface area contributed by atoms with Crippen molar-refractivity contribution in [3.8, 4) is 5.75 Å². The van der Waals surface area contributed by atoms with Crippen LogP contribution in [0.4, 0.5) is 17.6 Å². The molecule has 1 N–H and O–H groups in total. The third-order valence-corrected chi connectivity index (χ3v) is 4.20. The van der Waals surface area contributed by atoms with Gasteiger partial charge in [0, 0.05) is 0 Å². The first kappa shape index (κ1) is 17.3. The van der Waals surface area contributed by atoms with Crippen molar-refractivity contribution in [1.82, 2.24) is 5.32 Å². The van der Waals surface area contributed by atoms with Crippen LogP contribution in [0.2, 0.25) is 0 Å². The fourth-order valence-corrected chi connectivity index (χ4v) is 2.67. The van der Waals surface area contributed by atoms with E-state index in [1.807, 2.05) is 0 Å². The summed E-state index contributed by atoms with van der Waals surface area (Å²) in [6.45, 7) is 0. The maximum absolute atomic E-state index is 13.8. The molecule has 1 atom stereocenters. The fourth-order valence-electron chi connectivity index (χ4n) is 2.67. The van der Waals surface area contributed by atoms with Gasteiger partial charge in [-0.1, -0.05) is 12.1 Å². The van der Waals surface area contributed by atoms with Gasteiger partial charge in [0.25, 0.3) is 5.91 Å². The van der Waals surface area contributed by atoms with Gasteiger partial charge in [-0.05, 0) is 42.5 Å². The first-order valence-corrected chi connectivity index (χ1v) is 7.70. The van der Waals surface area contributed by atoms with Crippen LogP contribution in [0.1, 0.15) is 34.8 Å². The normalized spacial score (nSPS) is 14.9. The molecule has 0 bridgehead atoms. The molecular formula is C18H15F4NO2. The lowest BCUT2D eigenvalue weighted by Crippen LogP contribution is -2.31. The topological polar surface area (TPSA) is 38.3 Å². The maximum Gasteiger partial charge on any atom is 0.254 e. The summed E-state index contributed by atoms with van der Waals surface area (Å²) in [6, 6.07) is 6.87. The molecule has 0 aromatic heterocycles. The molecule has 2 aromatic rings. The van der Waals surface area contributed by atoms with Crippen molar-refractivity contribution >= 4 is 5.91 Å². The van der Waals surface area contributed by atoms with Crippen molar-refractivity contribution in [2.24, 2.45) is 5.92 Å². The third-order valence-electron chi connectivity index (χ3n) is 4.20. The third kappa shape index (κ3) is 3.45. The molecule has 1 fully saturated rings. The first-order chi connectivity index (χ1) is 11.9. The molecule has 0 saturated heterocycles. The quantitative estimate of drug-likeness (QED) is 0.499. The lowest BCUT2D eigenvalue weighted by atomic mass is 10.0. The SMILES string of the molecule is COc1ccc(C(NC(=O)c2cc(F)c(F)c(F)c2F)C2CC2)cc1. The number of carbonyl (C=O) groups excluding carboxylic acids is 1. The largest absolute Gasteiger partial charge is 0.497 e. The molecule has 25 heavy (non-hydrogen) atoms. The summed E-state index contributed by atoms with van der Waals surface area (Å²) in [5, 5.41) is 2.59. The zero-order chi connectivity index (χ0) is 18.1. The van der Waals surface area contributed by atoms with Crippen molar-refractivity contribution in [3.63, 3.8) is 0 Å². The molecule has 0 aliphatic heterocycles. The summed E-state index contributed by atoms with van der Waals surface area (Å²) in [6.07, 6.45) is 1.73. The molecule has 1 aliphatic rings. The first-order valence-electron chi connectivity index (χ1n) is 7.70. The number of hydrogen-bond donors (Lipinski definition) is 1. The molecule has 3 rings (SSSR count). The van der Waals surface area contributed by atoms with Gasteiger partial charge >= 0.3 is 0 Å². The highest BCUT2D eigenvalue weighted by atomic mass is 19.2. The van der Waals surface area contributed by atoms with Gasteiger partial charge in [-0.3, -0.25) is 4.79 Å². The van der Waals surface area contributed by atoms with Crippen LogP contribution in [0.25, 0.3) is 0 Å². The number of halogens is 4. The van der Waals surface area contributed by atoms with E-state index < -0.39 is 40.8 Å². The van der Waals surface area contributed by atoms with Crippen LogP contribution in [0.5, 0.6) is 5.75 Å². The van der Waals surface area contributed by atoms with Crippen molar-refractivity contribution in [2.75, 3.05) is 7.11 Å². The summed E-state index contributed by atoms with van der Waals surface area (Å²) >= 11 is 0. The Labute approximate surface area is 141 Å². The van der Waals surface area contributed by atoms with Crippen LogP contribution in [-0.4, -0.2) is 13.0 Å². The molecule has 0 heterocycles. The lowest BCUT2D eigenvalue weighted by molar-refractivity contribution is 0.0925. The minimum Gasteiger partial charge on any atom is -0.497 e. The number of nitrogens with one attached hydrogen (secondary N) is 1. The zero-order valence-electron chi connectivity index (χ0n) is 13.3. The van der Waals surface area contributed by atoms with Gasteiger partial charge in [-0.25, -0.2) is 17.6 Å². The van der Waals surface area contributed by atoms with Gasteiger partial charge in [0.15, 0.2) is 23.3 Å². The molecule has 132 valence electrons. The van der Waals surface area contributed by atoms with E-state index in [4.69, 9.17) is 4.74 Å². The Morgan fingerprint density at radius 3 is 2.28 bits per heavy atom. The molecule has 3 nitrogen and oxygen atoms in total. The average Bonchev–Trinajstić information content (AvgIpc) is 3.46. The molecular weight excluding hydrogens is 338 g/mol. The molecule has 0 spiro atoms. The fraction of sp³-hybridized carbons (Fsp3) is 0.278. The van der Waals surface area contributed by atoms with Gasteiger partial charge in [0.1, 0.15) is 5.75 Å². The lowest BCUT2D eigenvalue weighted by Gasteiger charge is -2.19. The van der Waals surface area contributed by atoms with Crippen LogP contribution in [0.15, 0.2) is 30.3 Å². The highest BCUT2D eigenvalue weighted by Crippen LogP contribution is 2.41. The zero-order valence-corrected chi connectivity index (χ0v) is 13.3. The smallest absolute Gasteiger partial charge is 0.254 e. The molecule has 0 radical (unpaired) electrons. The van der Waals surface area contributed by atoms with Gasteiger partial charge in [-0.15, -0.1) is 0 Å². The van der Waals surface area contributed by atoms with Crippen LogP contribution in [0, 0.1) is 29.2 Å². The Kier molecular flexibility index (Phi) is 4.65. The van der Waals surface area contributed by atoms with Crippen molar-refractivity contribution in [1.29, 1.82) is 0 Å². The molecule has 2 aromatic carbocycles. The standard InChI is InChI=1S/C18H15F4NO2/c1-25-11-6-4-10(5-7-11)17(9-2-3-9)23-18(24)12-8-13(19)15(21)16(22)14(12)20/h4-9,17H,2-3H2,1H3,(H,23,24). The van der Waals surface area contributed by atoms with Gasteiger partial charge < -0.3 is 10.1 Å². The Bertz CT molecular complexity index is 804. The molecule has 7 heteroatoms. The van der Waals surface area contributed by atoms with Crippen molar-refractivity contribution in [2.45, 2.75) is 18.9 Å². The number of rotatable bonds is 5. The summed E-state index contributed by atoms with van der Waals surface area (Å²) in [5.74, 6) is -7.48. The minimum absolute atomic E-state index is 0.149. The average molecular weight is 353 g/mol. The number of ether oxygens (including phenoxy) is 1. The second-order valence-corrected chi connectivity index (χ2v) is 5.91. The Balaban J connectivity index is 1.87. The number of methoxy groups -OCH3 is 1. The van der Waals surface area contributed by atoms with E-state index >= 15 is 0 Å². The maximum atomic E-state index is 13.8. The van der Waals surface area contributed by atoms with Crippen LogP contribution in [-0.2, 0) is 0 Å².